The molecule has 3 aromatic rings. The summed E-state index contributed by atoms with van der Waals surface area (Å²) in [6, 6.07) is 13.5. The second-order valence-corrected chi connectivity index (χ2v) is 7.11. The monoisotopic (exact) mass is 383 g/mol. The van der Waals surface area contributed by atoms with Crippen LogP contribution in [0.25, 0.3) is 10.1 Å². The molecule has 1 N–H and O–H groups in total. The summed E-state index contributed by atoms with van der Waals surface area (Å²) in [5.41, 5.74) is 3.28. The molecule has 0 saturated heterocycles. The third-order valence-electron chi connectivity index (χ3n) is 3.57. The van der Waals surface area contributed by atoms with Gasteiger partial charge in [0.05, 0.1) is 22.1 Å². The van der Waals surface area contributed by atoms with Crippen LogP contribution in [0.5, 0.6) is 5.75 Å². The number of carbonyl (C=O) groups excluding carboxylic acids is 1. The van der Waals surface area contributed by atoms with Gasteiger partial charge in [0.15, 0.2) is 0 Å². The van der Waals surface area contributed by atoms with Crippen molar-refractivity contribution in [2.24, 2.45) is 5.10 Å². The molecule has 0 aliphatic rings. The van der Waals surface area contributed by atoms with Gasteiger partial charge in [-0.15, -0.1) is 11.3 Å². The molecule has 0 radical (unpaired) electrons. The molecule has 8 heteroatoms. The molecule has 2 aromatic carbocycles. The molecule has 0 atom stereocenters. The molecule has 0 saturated carbocycles. The normalized spacial score (nSPS) is 11.2. The number of hydrogen-bond donors (Lipinski definition) is 1. The maximum Gasteiger partial charge on any atom is 0.281 e. The molecule has 0 spiro atoms. The highest BCUT2D eigenvalue weighted by Gasteiger charge is 2.12. The Balaban J connectivity index is 1.65. The Morgan fingerprint density at radius 2 is 1.96 bits per heavy atom. The largest absolute Gasteiger partial charge is 0.491 e. The highest BCUT2D eigenvalue weighted by molar-refractivity contribution is 7.20. The van der Waals surface area contributed by atoms with Crippen molar-refractivity contribution in [3.05, 3.63) is 69.1 Å². The molecule has 0 bridgehead atoms. The number of nitro benzene ring substituents is 1. The molecular formula is C19H17N3O4S. The fraction of sp³-hybridized carbons (Fsp3) is 0.158. The van der Waals surface area contributed by atoms with Crippen LogP contribution in [0.4, 0.5) is 5.69 Å². The van der Waals surface area contributed by atoms with E-state index in [2.05, 4.69) is 10.5 Å². The Labute approximate surface area is 159 Å². The van der Waals surface area contributed by atoms with E-state index in [9.17, 15) is 14.9 Å². The second kappa shape index (κ2) is 7.96. The first kappa shape index (κ1) is 18.5. The molecule has 0 unspecified atom stereocenters. The van der Waals surface area contributed by atoms with Gasteiger partial charge in [0.25, 0.3) is 11.6 Å². The number of ether oxygens (including phenoxy) is 1. The summed E-state index contributed by atoms with van der Waals surface area (Å²) in [5.74, 6) is 0.403. The van der Waals surface area contributed by atoms with E-state index in [-0.39, 0.29) is 17.7 Å². The number of nitrogens with one attached hydrogen (secondary N) is 1. The number of rotatable bonds is 6. The van der Waals surface area contributed by atoms with Crippen molar-refractivity contribution in [2.45, 2.75) is 20.0 Å². The van der Waals surface area contributed by atoms with Crippen LogP contribution in [0.2, 0.25) is 0 Å². The van der Waals surface area contributed by atoms with Gasteiger partial charge < -0.3 is 4.74 Å². The fourth-order valence-corrected chi connectivity index (χ4v) is 3.31. The molecule has 1 aromatic heterocycles. The first-order chi connectivity index (χ1) is 12.9. The minimum absolute atomic E-state index is 0.00447. The summed E-state index contributed by atoms with van der Waals surface area (Å²) in [6.45, 7) is 3.91. The first-order valence-electron chi connectivity index (χ1n) is 8.20. The van der Waals surface area contributed by atoms with Crippen molar-refractivity contribution in [3.8, 4) is 5.75 Å². The molecule has 0 aliphatic carbocycles. The van der Waals surface area contributed by atoms with E-state index >= 15 is 0 Å². The van der Waals surface area contributed by atoms with Crippen LogP contribution in [-0.4, -0.2) is 23.1 Å². The molecule has 1 heterocycles. The van der Waals surface area contributed by atoms with E-state index in [4.69, 9.17) is 4.74 Å². The average molecular weight is 383 g/mol. The van der Waals surface area contributed by atoms with E-state index in [0.29, 0.717) is 10.3 Å². The second-order valence-electron chi connectivity index (χ2n) is 6.02. The number of non-ortho nitro benzene ring substituents is 1. The Bertz CT molecular complexity index is 1010. The minimum atomic E-state index is -0.460. The van der Waals surface area contributed by atoms with E-state index in [0.717, 1.165) is 16.0 Å². The van der Waals surface area contributed by atoms with E-state index in [1.54, 1.807) is 12.1 Å². The molecule has 138 valence electrons. The summed E-state index contributed by atoms with van der Waals surface area (Å²) in [5, 5.41) is 15.5. The summed E-state index contributed by atoms with van der Waals surface area (Å²) < 4.78 is 6.37. The SMILES string of the molecule is CC(C)Oc1ccc(C=NNC(=O)c2cc3cc([N+](=O)[O-])ccc3s2)cc1. The topological polar surface area (TPSA) is 93.8 Å². The molecule has 0 fully saturated rings. The van der Waals surface area contributed by atoms with E-state index in [1.165, 1.54) is 29.7 Å². The maximum absolute atomic E-state index is 12.2. The Morgan fingerprint density at radius 3 is 2.63 bits per heavy atom. The zero-order valence-electron chi connectivity index (χ0n) is 14.7. The Kier molecular flexibility index (Phi) is 5.46. The van der Waals surface area contributed by atoms with E-state index < -0.39 is 4.92 Å². The van der Waals surface area contributed by atoms with Crippen molar-refractivity contribution in [1.82, 2.24) is 5.43 Å². The van der Waals surface area contributed by atoms with Crippen LogP contribution in [0.3, 0.4) is 0 Å². The maximum atomic E-state index is 12.2. The summed E-state index contributed by atoms with van der Waals surface area (Å²) in [4.78, 5) is 23.0. The number of hydrogen-bond acceptors (Lipinski definition) is 6. The van der Waals surface area contributed by atoms with Crippen molar-refractivity contribution < 1.29 is 14.5 Å². The van der Waals surface area contributed by atoms with Gasteiger partial charge in [-0.25, -0.2) is 5.43 Å². The lowest BCUT2D eigenvalue weighted by Gasteiger charge is -2.09. The highest BCUT2D eigenvalue weighted by Crippen LogP contribution is 2.28. The molecule has 7 nitrogen and oxygen atoms in total. The number of thiophene rings is 1. The molecule has 3 rings (SSSR count). The fourth-order valence-electron chi connectivity index (χ4n) is 2.38. The predicted molar refractivity (Wildman–Crippen MR) is 106 cm³/mol. The first-order valence-corrected chi connectivity index (χ1v) is 9.02. The van der Waals surface area contributed by atoms with Gasteiger partial charge >= 0.3 is 0 Å². The quantitative estimate of drug-likeness (QED) is 0.389. The number of benzene rings is 2. The Morgan fingerprint density at radius 1 is 1.22 bits per heavy atom. The average Bonchev–Trinajstić information content (AvgIpc) is 3.06. The highest BCUT2D eigenvalue weighted by atomic mass is 32.1. The van der Waals surface area contributed by atoms with Crippen LogP contribution in [0.1, 0.15) is 29.1 Å². The summed E-state index contributed by atoms with van der Waals surface area (Å²) >= 11 is 1.25. The zero-order valence-corrected chi connectivity index (χ0v) is 15.5. The number of nitro groups is 1. The number of carbonyl (C=O) groups is 1. The standard InChI is InChI=1S/C19H17N3O4S/c1-12(2)26-16-6-3-13(4-7-16)11-20-21-19(23)18-10-14-9-15(22(24)25)5-8-17(14)27-18/h3-12H,1-2H3,(H,21,23). The van der Waals surface area contributed by atoms with Gasteiger partial charge in [0.2, 0.25) is 0 Å². The number of hydrazone groups is 1. The van der Waals surface area contributed by atoms with Gasteiger partial charge in [-0.3, -0.25) is 14.9 Å². The van der Waals surface area contributed by atoms with Crippen molar-refractivity contribution >= 4 is 39.2 Å². The lowest BCUT2D eigenvalue weighted by molar-refractivity contribution is -0.384. The van der Waals surface area contributed by atoms with Gasteiger partial charge in [0, 0.05) is 22.2 Å². The van der Waals surface area contributed by atoms with Gasteiger partial charge in [-0.1, -0.05) is 0 Å². The summed E-state index contributed by atoms with van der Waals surface area (Å²) in [6.07, 6.45) is 1.64. The Hall–Kier alpha value is -3.26. The minimum Gasteiger partial charge on any atom is -0.491 e. The lowest BCUT2D eigenvalue weighted by atomic mass is 10.2. The third kappa shape index (κ3) is 4.68. The predicted octanol–water partition coefficient (Wildman–Crippen LogP) is 4.36. The van der Waals surface area contributed by atoms with Crippen LogP contribution in [0.15, 0.2) is 53.6 Å². The van der Waals surface area contributed by atoms with Gasteiger partial charge in [-0.05, 0) is 55.8 Å². The zero-order chi connectivity index (χ0) is 19.4. The molecule has 0 aliphatic heterocycles. The molecular weight excluding hydrogens is 366 g/mol. The molecule has 27 heavy (non-hydrogen) atoms. The van der Waals surface area contributed by atoms with Crippen LogP contribution in [-0.2, 0) is 0 Å². The molecule has 1 amide bonds. The van der Waals surface area contributed by atoms with Crippen molar-refractivity contribution in [1.29, 1.82) is 0 Å². The number of amides is 1. The third-order valence-corrected chi connectivity index (χ3v) is 4.68. The van der Waals surface area contributed by atoms with Gasteiger partial charge in [0.1, 0.15) is 5.75 Å². The van der Waals surface area contributed by atoms with Crippen molar-refractivity contribution in [2.75, 3.05) is 0 Å². The lowest BCUT2D eigenvalue weighted by Crippen LogP contribution is -2.16. The van der Waals surface area contributed by atoms with Crippen molar-refractivity contribution in [3.63, 3.8) is 0 Å². The van der Waals surface area contributed by atoms with Crippen LogP contribution >= 0.6 is 11.3 Å². The van der Waals surface area contributed by atoms with Crippen LogP contribution in [0, 0.1) is 10.1 Å². The van der Waals surface area contributed by atoms with Gasteiger partial charge in [-0.2, -0.15) is 5.10 Å². The number of fused-ring (bicyclic) bond motifs is 1. The van der Waals surface area contributed by atoms with E-state index in [1.807, 2.05) is 38.1 Å². The van der Waals surface area contributed by atoms with Crippen LogP contribution < -0.4 is 10.2 Å². The summed E-state index contributed by atoms with van der Waals surface area (Å²) in [7, 11) is 0. The smallest absolute Gasteiger partial charge is 0.281 e. The number of nitrogens with zero attached hydrogens (tertiary/aromatic N) is 2.